The van der Waals surface area contributed by atoms with Crippen LogP contribution in [0.15, 0.2) is 48.5 Å². The lowest BCUT2D eigenvalue weighted by molar-refractivity contribution is -0.114. The summed E-state index contributed by atoms with van der Waals surface area (Å²) >= 11 is 0. The van der Waals surface area contributed by atoms with Gasteiger partial charge in [0.05, 0.1) is 18.8 Å². The molecule has 28 heavy (non-hydrogen) atoms. The van der Waals surface area contributed by atoms with Crippen molar-refractivity contribution in [3.63, 3.8) is 0 Å². The minimum Gasteiger partial charge on any atom is -0.492 e. The van der Waals surface area contributed by atoms with E-state index in [4.69, 9.17) is 4.74 Å². The molecule has 0 aliphatic carbocycles. The minimum absolute atomic E-state index is 0.0801. The van der Waals surface area contributed by atoms with E-state index in [0.29, 0.717) is 23.6 Å². The summed E-state index contributed by atoms with van der Waals surface area (Å²) in [5.41, 5.74) is 2.13. The molecule has 1 aliphatic rings. The minimum atomic E-state index is -0.166. The van der Waals surface area contributed by atoms with Crippen LogP contribution in [0.3, 0.4) is 0 Å². The Labute approximate surface area is 165 Å². The van der Waals surface area contributed by atoms with Crippen LogP contribution in [-0.4, -0.2) is 43.0 Å². The van der Waals surface area contributed by atoms with E-state index in [1.165, 1.54) is 6.42 Å². The second-order valence-corrected chi connectivity index (χ2v) is 6.76. The number of amides is 2. The monoisotopic (exact) mass is 381 g/mol. The lowest BCUT2D eigenvalue weighted by atomic mass is 10.1. The van der Waals surface area contributed by atoms with Crippen molar-refractivity contribution in [1.82, 2.24) is 4.90 Å². The molecule has 0 spiro atoms. The number of hydrogen-bond acceptors (Lipinski definition) is 4. The summed E-state index contributed by atoms with van der Waals surface area (Å²) < 4.78 is 5.52. The number of piperidine rings is 1. The van der Waals surface area contributed by atoms with Gasteiger partial charge in [0.2, 0.25) is 5.91 Å². The first-order valence-electron chi connectivity index (χ1n) is 9.82. The van der Waals surface area contributed by atoms with Gasteiger partial charge >= 0.3 is 0 Å². The van der Waals surface area contributed by atoms with Gasteiger partial charge in [-0.2, -0.15) is 0 Å². The Morgan fingerprint density at radius 3 is 2.43 bits per heavy atom. The van der Waals surface area contributed by atoms with Crippen molar-refractivity contribution < 1.29 is 14.3 Å². The topological polar surface area (TPSA) is 70.7 Å². The molecule has 2 N–H and O–H groups in total. The third kappa shape index (κ3) is 5.25. The number of anilines is 2. The fourth-order valence-electron chi connectivity index (χ4n) is 3.24. The number of ether oxygens (including phenoxy) is 1. The van der Waals surface area contributed by atoms with Crippen LogP contribution in [0.2, 0.25) is 0 Å². The number of carbonyl (C=O) groups excluding carboxylic acids is 2. The van der Waals surface area contributed by atoms with Gasteiger partial charge < -0.3 is 20.3 Å². The molecule has 0 bridgehead atoms. The van der Waals surface area contributed by atoms with Gasteiger partial charge in [0.1, 0.15) is 5.75 Å². The summed E-state index contributed by atoms with van der Waals surface area (Å²) in [6.45, 7) is 4.23. The van der Waals surface area contributed by atoms with E-state index in [9.17, 15) is 9.59 Å². The fraction of sp³-hybridized carbons (Fsp3) is 0.364. The predicted octanol–water partition coefficient (Wildman–Crippen LogP) is 3.76. The first-order chi connectivity index (χ1) is 13.7. The molecule has 3 rings (SSSR count). The Kier molecular flexibility index (Phi) is 6.89. The molecule has 2 aromatic carbocycles. The Balaban J connectivity index is 1.52. The number of nitrogens with zero attached hydrogens (tertiary/aromatic N) is 1. The maximum atomic E-state index is 12.5. The molecule has 0 aromatic heterocycles. The van der Waals surface area contributed by atoms with Crippen LogP contribution in [0.4, 0.5) is 11.4 Å². The highest BCUT2D eigenvalue weighted by atomic mass is 16.5. The summed E-state index contributed by atoms with van der Waals surface area (Å²) in [5.74, 6) is 0.566. The molecule has 1 saturated heterocycles. The SMILES string of the molecule is CCOc1ccccc1NC(=O)CNc1ccc(C(=O)N2CCCCC2)cc1. The average Bonchev–Trinajstić information content (AvgIpc) is 2.74. The molecule has 1 fully saturated rings. The third-order valence-electron chi connectivity index (χ3n) is 4.69. The molecule has 6 heteroatoms. The molecule has 0 atom stereocenters. The van der Waals surface area contributed by atoms with Gasteiger partial charge in [-0.15, -0.1) is 0 Å². The zero-order valence-corrected chi connectivity index (χ0v) is 16.2. The number of rotatable bonds is 7. The zero-order valence-electron chi connectivity index (χ0n) is 16.2. The van der Waals surface area contributed by atoms with Gasteiger partial charge in [-0.05, 0) is 62.6 Å². The van der Waals surface area contributed by atoms with E-state index >= 15 is 0 Å². The van der Waals surface area contributed by atoms with Crippen molar-refractivity contribution >= 4 is 23.2 Å². The predicted molar refractivity (Wildman–Crippen MR) is 111 cm³/mol. The summed E-state index contributed by atoms with van der Waals surface area (Å²) in [7, 11) is 0. The third-order valence-corrected chi connectivity index (χ3v) is 4.69. The molecule has 2 amide bonds. The molecular formula is C22H27N3O3. The first kappa shape index (κ1) is 19.7. The molecule has 0 saturated carbocycles. The van der Waals surface area contributed by atoms with Crippen LogP contribution in [0.5, 0.6) is 5.75 Å². The highest BCUT2D eigenvalue weighted by molar-refractivity contribution is 5.96. The number of carbonyl (C=O) groups is 2. The number of para-hydroxylation sites is 2. The van der Waals surface area contributed by atoms with Gasteiger partial charge in [-0.25, -0.2) is 0 Å². The van der Waals surface area contributed by atoms with Crippen molar-refractivity contribution in [2.75, 3.05) is 36.9 Å². The van der Waals surface area contributed by atoms with Gasteiger partial charge in [0.15, 0.2) is 0 Å². The van der Waals surface area contributed by atoms with Gasteiger partial charge in [-0.3, -0.25) is 9.59 Å². The normalized spacial score (nSPS) is 13.7. The second-order valence-electron chi connectivity index (χ2n) is 6.76. The van der Waals surface area contributed by atoms with E-state index in [2.05, 4.69) is 10.6 Å². The van der Waals surface area contributed by atoms with Crippen LogP contribution in [0.25, 0.3) is 0 Å². The van der Waals surface area contributed by atoms with Crippen molar-refractivity contribution in [3.05, 3.63) is 54.1 Å². The number of hydrogen-bond donors (Lipinski definition) is 2. The lowest BCUT2D eigenvalue weighted by Gasteiger charge is -2.26. The van der Waals surface area contributed by atoms with E-state index in [0.717, 1.165) is 31.6 Å². The van der Waals surface area contributed by atoms with Crippen LogP contribution < -0.4 is 15.4 Å². The average molecular weight is 381 g/mol. The van der Waals surface area contributed by atoms with E-state index in [1.54, 1.807) is 0 Å². The summed E-state index contributed by atoms with van der Waals surface area (Å²) in [6.07, 6.45) is 3.35. The van der Waals surface area contributed by atoms with Crippen molar-refractivity contribution in [2.45, 2.75) is 26.2 Å². The molecule has 1 heterocycles. The van der Waals surface area contributed by atoms with Crippen LogP contribution in [0, 0.1) is 0 Å². The summed E-state index contributed by atoms with van der Waals surface area (Å²) in [6, 6.07) is 14.6. The van der Waals surface area contributed by atoms with E-state index < -0.39 is 0 Å². The zero-order chi connectivity index (χ0) is 19.8. The van der Waals surface area contributed by atoms with Crippen molar-refractivity contribution in [3.8, 4) is 5.75 Å². The Bertz CT molecular complexity index is 799. The van der Waals surface area contributed by atoms with Crippen molar-refractivity contribution in [2.24, 2.45) is 0 Å². The molecule has 0 unspecified atom stereocenters. The smallest absolute Gasteiger partial charge is 0.253 e. The molecular weight excluding hydrogens is 354 g/mol. The van der Waals surface area contributed by atoms with E-state index in [-0.39, 0.29) is 18.4 Å². The highest BCUT2D eigenvalue weighted by Gasteiger charge is 2.17. The molecule has 6 nitrogen and oxygen atoms in total. The Morgan fingerprint density at radius 2 is 1.71 bits per heavy atom. The molecule has 0 radical (unpaired) electrons. The van der Waals surface area contributed by atoms with Crippen LogP contribution >= 0.6 is 0 Å². The van der Waals surface area contributed by atoms with E-state index in [1.807, 2.05) is 60.4 Å². The second kappa shape index (κ2) is 9.78. The van der Waals surface area contributed by atoms with Gasteiger partial charge in [-0.1, -0.05) is 12.1 Å². The maximum Gasteiger partial charge on any atom is 0.253 e. The molecule has 148 valence electrons. The summed E-state index contributed by atoms with van der Waals surface area (Å²) in [4.78, 5) is 26.6. The largest absolute Gasteiger partial charge is 0.492 e. The van der Waals surface area contributed by atoms with Gasteiger partial charge in [0, 0.05) is 24.3 Å². The lowest BCUT2D eigenvalue weighted by Crippen LogP contribution is -2.35. The highest BCUT2D eigenvalue weighted by Crippen LogP contribution is 2.23. The Hall–Kier alpha value is -3.02. The quantitative estimate of drug-likeness (QED) is 0.766. The fourth-order valence-corrected chi connectivity index (χ4v) is 3.24. The molecule has 2 aromatic rings. The number of nitrogens with one attached hydrogen (secondary N) is 2. The van der Waals surface area contributed by atoms with Crippen molar-refractivity contribution in [1.29, 1.82) is 0 Å². The standard InChI is InChI=1S/C22H27N3O3/c1-2-28-20-9-5-4-8-19(20)24-21(26)16-23-18-12-10-17(11-13-18)22(27)25-14-6-3-7-15-25/h4-5,8-13,23H,2-3,6-7,14-16H2,1H3,(H,24,26). The van der Waals surface area contributed by atoms with Gasteiger partial charge in [0.25, 0.3) is 5.91 Å². The number of likely N-dealkylation sites (tertiary alicyclic amines) is 1. The summed E-state index contributed by atoms with van der Waals surface area (Å²) in [5, 5.41) is 5.94. The number of benzene rings is 2. The maximum absolute atomic E-state index is 12.5. The van der Waals surface area contributed by atoms with Crippen LogP contribution in [-0.2, 0) is 4.79 Å². The Morgan fingerprint density at radius 1 is 1.00 bits per heavy atom. The molecule has 1 aliphatic heterocycles. The first-order valence-corrected chi connectivity index (χ1v) is 9.82. The van der Waals surface area contributed by atoms with Crippen LogP contribution in [0.1, 0.15) is 36.5 Å².